The number of halogens is 5. The Morgan fingerprint density at radius 1 is 1.07 bits per heavy atom. The minimum atomic E-state index is -4.64. The quantitative estimate of drug-likeness (QED) is 0.569. The molecule has 0 aliphatic carbocycles. The lowest BCUT2D eigenvalue weighted by Crippen LogP contribution is -2.20. The van der Waals surface area contributed by atoms with Gasteiger partial charge in [-0.1, -0.05) is 23.2 Å². The molecule has 1 aromatic heterocycles. The first kappa shape index (κ1) is 18.9. The van der Waals surface area contributed by atoms with Crippen LogP contribution in [0.25, 0.3) is 11.4 Å². The number of carbonyl (C=O) groups is 1. The summed E-state index contributed by atoms with van der Waals surface area (Å²) in [6.45, 7) is 0. The van der Waals surface area contributed by atoms with Gasteiger partial charge in [0.2, 0.25) is 0 Å². The van der Waals surface area contributed by atoms with Crippen LogP contribution in [0, 0.1) is 0 Å². The maximum absolute atomic E-state index is 12.9. The van der Waals surface area contributed by atoms with Crippen molar-refractivity contribution in [3.8, 4) is 11.4 Å². The molecule has 3 N–H and O–H groups in total. The maximum Gasteiger partial charge on any atom is 0.417 e. The minimum Gasteiger partial charge on any atom is -0.308 e. The Labute approximate surface area is 159 Å². The molecule has 0 radical (unpaired) electrons. The second-order valence-electron chi connectivity index (χ2n) is 5.21. The predicted molar refractivity (Wildman–Crippen MR) is 93.7 cm³/mol. The van der Waals surface area contributed by atoms with Crippen molar-refractivity contribution in [3.05, 3.63) is 52.0 Å². The van der Waals surface area contributed by atoms with Gasteiger partial charge in [-0.05, 0) is 46.8 Å². The topological polar surface area (TPSA) is 95.6 Å². The number of urea groups is 1. The van der Waals surface area contributed by atoms with Crippen LogP contribution < -0.4 is 10.6 Å². The van der Waals surface area contributed by atoms with E-state index in [4.69, 9.17) is 23.2 Å². The highest BCUT2D eigenvalue weighted by Gasteiger charge is 2.33. The smallest absolute Gasteiger partial charge is 0.308 e. The van der Waals surface area contributed by atoms with Gasteiger partial charge >= 0.3 is 12.2 Å². The summed E-state index contributed by atoms with van der Waals surface area (Å²) >= 11 is 11.5. The molecule has 12 heteroatoms. The Kier molecular flexibility index (Phi) is 5.19. The van der Waals surface area contributed by atoms with Crippen molar-refractivity contribution in [1.82, 2.24) is 20.6 Å². The van der Waals surface area contributed by atoms with Crippen molar-refractivity contribution in [1.29, 1.82) is 0 Å². The molecule has 0 saturated carbocycles. The van der Waals surface area contributed by atoms with Crippen LogP contribution >= 0.6 is 23.2 Å². The van der Waals surface area contributed by atoms with E-state index in [2.05, 4.69) is 31.3 Å². The highest BCUT2D eigenvalue weighted by Crippen LogP contribution is 2.36. The molecule has 0 aliphatic heterocycles. The number of H-pyrrole nitrogens is 1. The number of aromatic nitrogens is 4. The van der Waals surface area contributed by atoms with Gasteiger partial charge in [-0.25, -0.2) is 9.89 Å². The van der Waals surface area contributed by atoms with Crippen LogP contribution in [0.1, 0.15) is 5.56 Å². The summed E-state index contributed by atoms with van der Waals surface area (Å²) in [7, 11) is 0. The molecule has 140 valence electrons. The molecule has 3 aromatic rings. The van der Waals surface area contributed by atoms with E-state index in [1.54, 1.807) is 0 Å². The number of benzene rings is 2. The normalized spacial score (nSPS) is 11.3. The Hall–Kier alpha value is -2.85. The molecule has 0 unspecified atom stereocenters. The van der Waals surface area contributed by atoms with Gasteiger partial charge < -0.3 is 10.6 Å². The van der Waals surface area contributed by atoms with Crippen LogP contribution in [0.15, 0.2) is 36.4 Å². The van der Waals surface area contributed by atoms with E-state index >= 15 is 0 Å². The van der Waals surface area contributed by atoms with E-state index in [-0.39, 0.29) is 11.5 Å². The Bertz CT molecular complexity index is 978. The molecule has 7 nitrogen and oxygen atoms in total. The van der Waals surface area contributed by atoms with Crippen molar-refractivity contribution < 1.29 is 18.0 Å². The zero-order valence-electron chi connectivity index (χ0n) is 13.1. The van der Waals surface area contributed by atoms with E-state index < -0.39 is 22.8 Å². The number of hydrogen-bond acceptors (Lipinski definition) is 4. The standard InChI is InChI=1S/C15H9Cl2F3N6O/c16-7-1-4-12(9(5-7)13-23-25-26-24-13)22-14(27)21-8-2-3-11(17)10(6-8)15(18,19)20/h1-6H,(H2,21,22,27)(H,23,24,25,26). The minimum absolute atomic E-state index is 0.0823. The van der Waals surface area contributed by atoms with E-state index in [9.17, 15) is 18.0 Å². The number of nitrogens with one attached hydrogen (secondary N) is 3. The fraction of sp³-hybridized carbons (Fsp3) is 0.0667. The number of aromatic amines is 1. The van der Waals surface area contributed by atoms with Crippen molar-refractivity contribution in [2.75, 3.05) is 10.6 Å². The Morgan fingerprint density at radius 2 is 1.85 bits per heavy atom. The number of anilines is 2. The zero-order chi connectivity index (χ0) is 19.6. The number of nitrogens with zero attached hydrogens (tertiary/aromatic N) is 3. The van der Waals surface area contributed by atoms with Crippen LogP contribution in [0.2, 0.25) is 10.0 Å². The van der Waals surface area contributed by atoms with Crippen molar-refractivity contribution in [2.24, 2.45) is 0 Å². The molecule has 0 aliphatic rings. The van der Waals surface area contributed by atoms with Gasteiger partial charge in [0.15, 0.2) is 5.82 Å². The van der Waals surface area contributed by atoms with Gasteiger partial charge in [0, 0.05) is 16.3 Å². The van der Waals surface area contributed by atoms with Gasteiger partial charge in [-0.3, -0.25) is 0 Å². The van der Waals surface area contributed by atoms with E-state index in [1.807, 2.05) is 0 Å². The highest BCUT2D eigenvalue weighted by atomic mass is 35.5. The molecule has 0 atom stereocenters. The zero-order valence-corrected chi connectivity index (χ0v) is 14.6. The molecular weight excluding hydrogens is 408 g/mol. The number of carbonyl (C=O) groups excluding carboxylic acids is 1. The SMILES string of the molecule is O=C(Nc1ccc(Cl)c(C(F)(F)F)c1)Nc1ccc(Cl)cc1-c1nnn[nH]1. The first-order valence-electron chi connectivity index (χ1n) is 7.22. The second-order valence-corrected chi connectivity index (χ2v) is 6.05. The maximum atomic E-state index is 12.9. The number of amides is 2. The molecule has 2 aromatic carbocycles. The lowest BCUT2D eigenvalue weighted by Gasteiger charge is -2.13. The van der Waals surface area contributed by atoms with Gasteiger partial charge in [0.05, 0.1) is 16.3 Å². The van der Waals surface area contributed by atoms with Gasteiger partial charge in [0.25, 0.3) is 0 Å². The van der Waals surface area contributed by atoms with E-state index in [0.717, 1.165) is 12.1 Å². The third-order valence-electron chi connectivity index (χ3n) is 3.36. The fourth-order valence-electron chi connectivity index (χ4n) is 2.20. The lowest BCUT2D eigenvalue weighted by atomic mass is 10.1. The van der Waals surface area contributed by atoms with E-state index in [0.29, 0.717) is 16.3 Å². The number of rotatable bonds is 3. The molecule has 27 heavy (non-hydrogen) atoms. The summed E-state index contributed by atoms with van der Waals surface area (Å²) in [5.41, 5.74) is -0.446. The summed E-state index contributed by atoms with van der Waals surface area (Å²) in [4.78, 5) is 12.2. The van der Waals surface area contributed by atoms with Gasteiger partial charge in [0.1, 0.15) is 0 Å². The molecule has 0 bridgehead atoms. The summed E-state index contributed by atoms with van der Waals surface area (Å²) in [6.07, 6.45) is -4.64. The first-order valence-corrected chi connectivity index (χ1v) is 7.98. The average Bonchev–Trinajstić information content (AvgIpc) is 3.11. The Balaban J connectivity index is 1.82. The number of hydrogen-bond donors (Lipinski definition) is 3. The fourth-order valence-corrected chi connectivity index (χ4v) is 2.60. The van der Waals surface area contributed by atoms with Crippen LogP contribution in [-0.2, 0) is 6.18 Å². The summed E-state index contributed by atoms with van der Waals surface area (Å²) in [5, 5.41) is 17.9. The summed E-state index contributed by atoms with van der Waals surface area (Å²) < 4.78 is 38.7. The van der Waals surface area contributed by atoms with Crippen LogP contribution in [0.4, 0.5) is 29.3 Å². The number of alkyl halides is 3. The van der Waals surface area contributed by atoms with Gasteiger partial charge in [-0.15, -0.1) is 5.10 Å². The second kappa shape index (κ2) is 7.41. The lowest BCUT2D eigenvalue weighted by molar-refractivity contribution is -0.137. The molecule has 0 saturated heterocycles. The number of tetrazole rings is 1. The largest absolute Gasteiger partial charge is 0.417 e. The molecule has 0 spiro atoms. The van der Waals surface area contributed by atoms with Crippen molar-refractivity contribution in [3.63, 3.8) is 0 Å². The van der Waals surface area contributed by atoms with Gasteiger partial charge in [-0.2, -0.15) is 13.2 Å². The first-order chi connectivity index (χ1) is 12.7. The summed E-state index contributed by atoms with van der Waals surface area (Å²) in [5.74, 6) is 0.249. The third kappa shape index (κ3) is 4.47. The molecule has 0 fully saturated rings. The molecular formula is C15H9Cl2F3N6O. The monoisotopic (exact) mass is 416 g/mol. The van der Waals surface area contributed by atoms with Crippen LogP contribution in [0.3, 0.4) is 0 Å². The van der Waals surface area contributed by atoms with Crippen molar-refractivity contribution >= 4 is 40.6 Å². The average molecular weight is 417 g/mol. The van der Waals surface area contributed by atoms with E-state index in [1.165, 1.54) is 24.3 Å². The Morgan fingerprint density at radius 3 is 2.52 bits per heavy atom. The molecule has 3 rings (SSSR count). The van der Waals surface area contributed by atoms with Crippen molar-refractivity contribution in [2.45, 2.75) is 6.18 Å². The third-order valence-corrected chi connectivity index (χ3v) is 3.92. The summed E-state index contributed by atoms with van der Waals surface area (Å²) in [6, 6.07) is 6.81. The van der Waals surface area contributed by atoms with Crippen LogP contribution in [0.5, 0.6) is 0 Å². The molecule has 2 amide bonds. The van der Waals surface area contributed by atoms with Crippen LogP contribution in [-0.4, -0.2) is 26.7 Å². The highest BCUT2D eigenvalue weighted by molar-refractivity contribution is 6.31. The molecule has 1 heterocycles. The predicted octanol–water partition coefficient (Wildman–Crippen LogP) is 4.84.